The largest absolute Gasteiger partial charge is 0.493 e. The van der Waals surface area contributed by atoms with E-state index >= 15 is 0 Å². The standard InChI is InChI=1S/C15H16N4O4/c1-19-8-10(7-16-19)14-17-15(23-18-14)9-5-11(20-2)13(22-4)12(6-9)21-3/h5-8H,1-4H3. The zero-order chi connectivity index (χ0) is 16.4. The fourth-order valence-electron chi connectivity index (χ4n) is 2.20. The van der Waals surface area contributed by atoms with E-state index in [4.69, 9.17) is 18.7 Å². The highest BCUT2D eigenvalue weighted by Gasteiger charge is 2.18. The number of hydrogen-bond acceptors (Lipinski definition) is 7. The Morgan fingerprint density at radius 1 is 1.00 bits per heavy atom. The summed E-state index contributed by atoms with van der Waals surface area (Å²) in [5.74, 6) is 2.35. The summed E-state index contributed by atoms with van der Waals surface area (Å²) in [5, 5.41) is 8.07. The highest BCUT2D eigenvalue weighted by atomic mass is 16.5. The first-order valence-electron chi connectivity index (χ1n) is 6.79. The van der Waals surface area contributed by atoms with Crippen LogP contribution in [0.4, 0.5) is 0 Å². The van der Waals surface area contributed by atoms with Gasteiger partial charge in [0.15, 0.2) is 11.5 Å². The van der Waals surface area contributed by atoms with Gasteiger partial charge in [0.25, 0.3) is 5.89 Å². The molecule has 0 aliphatic heterocycles. The zero-order valence-corrected chi connectivity index (χ0v) is 13.2. The van der Waals surface area contributed by atoms with Crippen molar-refractivity contribution in [3.05, 3.63) is 24.5 Å². The zero-order valence-electron chi connectivity index (χ0n) is 13.2. The van der Waals surface area contributed by atoms with E-state index in [0.29, 0.717) is 34.5 Å². The minimum atomic E-state index is 0.350. The van der Waals surface area contributed by atoms with Crippen LogP contribution in [0.3, 0.4) is 0 Å². The van der Waals surface area contributed by atoms with Gasteiger partial charge in [0, 0.05) is 18.8 Å². The van der Waals surface area contributed by atoms with E-state index in [1.807, 2.05) is 13.2 Å². The minimum Gasteiger partial charge on any atom is -0.493 e. The molecule has 23 heavy (non-hydrogen) atoms. The Kier molecular flexibility index (Phi) is 3.88. The molecule has 3 rings (SSSR count). The molecule has 0 N–H and O–H groups in total. The smallest absolute Gasteiger partial charge is 0.258 e. The van der Waals surface area contributed by atoms with Gasteiger partial charge < -0.3 is 18.7 Å². The third-order valence-electron chi connectivity index (χ3n) is 3.30. The van der Waals surface area contributed by atoms with Crippen LogP contribution >= 0.6 is 0 Å². The Bertz CT molecular complexity index is 799. The monoisotopic (exact) mass is 316 g/mol. The molecule has 0 aliphatic carbocycles. The van der Waals surface area contributed by atoms with Gasteiger partial charge >= 0.3 is 0 Å². The molecule has 120 valence electrons. The predicted octanol–water partition coefficient (Wildman–Crippen LogP) is 2.16. The molecule has 0 amide bonds. The molecule has 8 nitrogen and oxygen atoms in total. The van der Waals surface area contributed by atoms with Gasteiger partial charge in [-0.05, 0) is 12.1 Å². The normalized spacial score (nSPS) is 10.6. The summed E-state index contributed by atoms with van der Waals surface area (Å²) >= 11 is 0. The third-order valence-corrected chi connectivity index (χ3v) is 3.30. The Hall–Kier alpha value is -3.03. The summed E-state index contributed by atoms with van der Waals surface area (Å²) in [5.41, 5.74) is 1.44. The summed E-state index contributed by atoms with van der Waals surface area (Å²) in [7, 11) is 6.48. The van der Waals surface area contributed by atoms with E-state index < -0.39 is 0 Å². The second kappa shape index (κ2) is 5.99. The van der Waals surface area contributed by atoms with Crippen molar-refractivity contribution in [3.8, 4) is 40.1 Å². The average molecular weight is 316 g/mol. The molecule has 0 aliphatic rings. The van der Waals surface area contributed by atoms with Crippen LogP contribution in [0.5, 0.6) is 17.2 Å². The van der Waals surface area contributed by atoms with Gasteiger partial charge in [0.1, 0.15) is 0 Å². The van der Waals surface area contributed by atoms with E-state index in [0.717, 1.165) is 5.56 Å². The number of rotatable bonds is 5. The predicted molar refractivity (Wildman–Crippen MR) is 81.6 cm³/mol. The SMILES string of the molecule is COc1cc(-c2nc(-c3cnn(C)c3)no2)cc(OC)c1OC. The lowest BCUT2D eigenvalue weighted by atomic mass is 10.2. The molecule has 0 saturated carbocycles. The van der Waals surface area contributed by atoms with Gasteiger partial charge in [-0.1, -0.05) is 5.16 Å². The molecular formula is C15H16N4O4. The summed E-state index contributed by atoms with van der Waals surface area (Å²) in [6.07, 6.45) is 3.48. The van der Waals surface area contributed by atoms with Gasteiger partial charge in [-0.2, -0.15) is 10.1 Å². The van der Waals surface area contributed by atoms with Crippen molar-refractivity contribution >= 4 is 0 Å². The molecule has 0 fully saturated rings. The molecule has 1 aromatic carbocycles. The maximum atomic E-state index is 5.34. The first kappa shape index (κ1) is 14.9. The number of nitrogens with zero attached hydrogens (tertiary/aromatic N) is 4. The number of benzene rings is 1. The molecule has 2 aromatic heterocycles. The van der Waals surface area contributed by atoms with E-state index in [1.165, 1.54) is 0 Å². The molecule has 0 saturated heterocycles. The van der Waals surface area contributed by atoms with Crippen LogP contribution in [0.1, 0.15) is 0 Å². The Morgan fingerprint density at radius 2 is 1.70 bits per heavy atom. The van der Waals surface area contributed by atoms with Gasteiger partial charge in [-0.15, -0.1) is 0 Å². The summed E-state index contributed by atoms with van der Waals surface area (Å²) < 4.78 is 23.0. The first-order chi connectivity index (χ1) is 11.2. The van der Waals surface area contributed by atoms with Gasteiger partial charge in [0.05, 0.1) is 33.1 Å². The number of aryl methyl sites for hydroxylation is 1. The molecule has 2 heterocycles. The molecular weight excluding hydrogens is 300 g/mol. The Morgan fingerprint density at radius 3 is 2.22 bits per heavy atom. The van der Waals surface area contributed by atoms with Gasteiger partial charge in [0.2, 0.25) is 11.6 Å². The lowest BCUT2D eigenvalue weighted by Gasteiger charge is -2.12. The molecule has 0 bridgehead atoms. The topological polar surface area (TPSA) is 84.4 Å². The van der Waals surface area contributed by atoms with Crippen molar-refractivity contribution in [3.63, 3.8) is 0 Å². The van der Waals surface area contributed by atoms with E-state index in [9.17, 15) is 0 Å². The Labute approximate surface area is 132 Å². The Balaban J connectivity index is 2.03. The molecule has 0 spiro atoms. The fourth-order valence-corrected chi connectivity index (χ4v) is 2.20. The lowest BCUT2D eigenvalue weighted by molar-refractivity contribution is 0.324. The van der Waals surface area contributed by atoms with Crippen LogP contribution in [-0.2, 0) is 7.05 Å². The van der Waals surface area contributed by atoms with Crippen LogP contribution in [-0.4, -0.2) is 41.3 Å². The van der Waals surface area contributed by atoms with Crippen LogP contribution in [0.15, 0.2) is 29.0 Å². The molecule has 0 atom stereocenters. The average Bonchev–Trinajstić information content (AvgIpc) is 3.22. The minimum absolute atomic E-state index is 0.350. The van der Waals surface area contributed by atoms with Crippen LogP contribution in [0.25, 0.3) is 22.8 Å². The maximum absolute atomic E-state index is 5.34. The highest BCUT2D eigenvalue weighted by Crippen LogP contribution is 2.41. The molecule has 3 aromatic rings. The van der Waals surface area contributed by atoms with Gasteiger partial charge in [-0.3, -0.25) is 4.68 Å². The molecule has 0 unspecified atom stereocenters. The van der Waals surface area contributed by atoms with Crippen molar-refractivity contribution < 1.29 is 18.7 Å². The quantitative estimate of drug-likeness (QED) is 0.713. The van der Waals surface area contributed by atoms with Crippen LogP contribution in [0, 0.1) is 0 Å². The fraction of sp³-hybridized carbons (Fsp3) is 0.267. The summed E-state index contributed by atoms with van der Waals surface area (Å²) in [6, 6.07) is 3.50. The number of hydrogen-bond donors (Lipinski definition) is 0. The number of ether oxygens (including phenoxy) is 3. The molecule has 0 radical (unpaired) electrons. The second-order valence-electron chi connectivity index (χ2n) is 4.74. The maximum Gasteiger partial charge on any atom is 0.258 e. The van der Waals surface area contributed by atoms with E-state index in [1.54, 1.807) is 44.3 Å². The van der Waals surface area contributed by atoms with E-state index in [-0.39, 0.29) is 0 Å². The van der Waals surface area contributed by atoms with Crippen molar-refractivity contribution in [1.29, 1.82) is 0 Å². The third kappa shape index (κ3) is 2.70. The summed E-state index contributed by atoms with van der Waals surface area (Å²) in [4.78, 5) is 4.39. The summed E-state index contributed by atoms with van der Waals surface area (Å²) in [6.45, 7) is 0. The van der Waals surface area contributed by atoms with Crippen molar-refractivity contribution in [2.75, 3.05) is 21.3 Å². The lowest BCUT2D eigenvalue weighted by Crippen LogP contribution is -1.95. The first-order valence-corrected chi connectivity index (χ1v) is 6.79. The van der Waals surface area contributed by atoms with Crippen molar-refractivity contribution in [2.45, 2.75) is 0 Å². The van der Waals surface area contributed by atoms with Crippen LogP contribution < -0.4 is 14.2 Å². The van der Waals surface area contributed by atoms with Crippen molar-refractivity contribution in [2.24, 2.45) is 7.05 Å². The highest BCUT2D eigenvalue weighted by molar-refractivity contribution is 5.67. The molecule has 8 heteroatoms. The van der Waals surface area contributed by atoms with Crippen LogP contribution in [0.2, 0.25) is 0 Å². The van der Waals surface area contributed by atoms with E-state index in [2.05, 4.69) is 15.2 Å². The number of aromatic nitrogens is 4. The van der Waals surface area contributed by atoms with Gasteiger partial charge in [-0.25, -0.2) is 0 Å². The number of methoxy groups -OCH3 is 3. The van der Waals surface area contributed by atoms with Crippen molar-refractivity contribution in [1.82, 2.24) is 19.9 Å². The second-order valence-corrected chi connectivity index (χ2v) is 4.74.